The molecule has 4 aromatic rings. The van der Waals surface area contributed by atoms with Crippen molar-refractivity contribution in [3.05, 3.63) is 59.7 Å². The van der Waals surface area contributed by atoms with Crippen LogP contribution >= 0.6 is 0 Å². The smallest absolute Gasteiger partial charge is 0.257 e. The number of aromatic nitrogens is 3. The van der Waals surface area contributed by atoms with Crippen LogP contribution in [0.4, 0.5) is 5.82 Å². The second-order valence-corrected chi connectivity index (χ2v) is 6.69. The van der Waals surface area contributed by atoms with E-state index >= 15 is 0 Å². The first kappa shape index (κ1) is 20.3. The lowest BCUT2D eigenvalue weighted by Gasteiger charge is -2.05. The topological polar surface area (TPSA) is 117 Å². The number of hydrogen-bond donors (Lipinski definition) is 2. The fourth-order valence-corrected chi connectivity index (χ4v) is 3.24. The predicted octanol–water partition coefficient (Wildman–Crippen LogP) is 2.43. The van der Waals surface area contributed by atoms with Gasteiger partial charge in [0.05, 0.1) is 31.0 Å². The third-order valence-corrected chi connectivity index (χ3v) is 4.74. The van der Waals surface area contributed by atoms with Crippen LogP contribution in [0.25, 0.3) is 22.2 Å². The number of nitrogens with zero attached hydrogens (tertiary/aromatic N) is 4. The molecule has 0 saturated heterocycles. The Bertz CT molecular complexity index is 1280. The predicted molar refractivity (Wildman–Crippen MR) is 120 cm³/mol. The monoisotopic (exact) mass is 418 g/mol. The third-order valence-electron chi connectivity index (χ3n) is 4.74. The summed E-state index contributed by atoms with van der Waals surface area (Å²) in [7, 11) is 3.16. The van der Waals surface area contributed by atoms with Crippen LogP contribution in [0.2, 0.25) is 0 Å². The molecule has 0 bridgehead atoms. The Morgan fingerprint density at radius 3 is 2.58 bits per heavy atom. The Kier molecular flexibility index (Phi) is 5.76. The standard InChI is InChI=1S/C22H22N6O3/c1-30-12-11-24-22(29)18-19-21(27-16-9-5-4-8-15(16)26-19)28(20(18)23)25-13-14-7-3-6-10-17(14)31-2/h3-10,13H,11-12,23H2,1-2H3,(H,24,29)/b25-13+. The van der Waals surface area contributed by atoms with Crippen molar-refractivity contribution < 1.29 is 14.3 Å². The number of carbonyl (C=O) groups excluding carboxylic acids is 1. The van der Waals surface area contributed by atoms with Gasteiger partial charge in [0.2, 0.25) is 0 Å². The molecule has 9 heteroatoms. The second kappa shape index (κ2) is 8.80. The summed E-state index contributed by atoms with van der Waals surface area (Å²) in [6.07, 6.45) is 1.61. The number of benzene rings is 2. The molecule has 4 rings (SSSR count). The quantitative estimate of drug-likeness (QED) is 0.352. The zero-order valence-corrected chi connectivity index (χ0v) is 17.2. The van der Waals surface area contributed by atoms with Crippen molar-refractivity contribution in [1.29, 1.82) is 0 Å². The first-order valence-corrected chi connectivity index (χ1v) is 9.65. The van der Waals surface area contributed by atoms with Crippen molar-refractivity contribution in [2.24, 2.45) is 5.10 Å². The minimum atomic E-state index is -0.365. The molecule has 2 aromatic carbocycles. The molecule has 1 amide bonds. The lowest BCUT2D eigenvalue weighted by atomic mass is 10.2. The van der Waals surface area contributed by atoms with E-state index in [0.717, 1.165) is 5.56 Å². The van der Waals surface area contributed by atoms with Gasteiger partial charge in [-0.25, -0.2) is 9.97 Å². The van der Waals surface area contributed by atoms with Crippen LogP contribution in [0, 0.1) is 0 Å². The number of nitrogens with one attached hydrogen (secondary N) is 1. The number of nitrogens with two attached hydrogens (primary N) is 1. The maximum absolute atomic E-state index is 12.9. The zero-order valence-electron chi connectivity index (χ0n) is 17.2. The van der Waals surface area contributed by atoms with Gasteiger partial charge >= 0.3 is 0 Å². The number of ether oxygens (including phenoxy) is 2. The highest BCUT2D eigenvalue weighted by atomic mass is 16.5. The van der Waals surface area contributed by atoms with Gasteiger partial charge in [0.25, 0.3) is 5.91 Å². The van der Waals surface area contributed by atoms with Gasteiger partial charge in [-0.05, 0) is 24.3 Å². The molecular weight excluding hydrogens is 396 g/mol. The van der Waals surface area contributed by atoms with E-state index in [-0.39, 0.29) is 17.3 Å². The first-order chi connectivity index (χ1) is 15.1. The molecule has 2 aromatic heterocycles. The highest BCUT2D eigenvalue weighted by Gasteiger charge is 2.23. The molecule has 2 heterocycles. The molecule has 158 valence electrons. The maximum Gasteiger partial charge on any atom is 0.257 e. The van der Waals surface area contributed by atoms with E-state index in [4.69, 9.17) is 15.2 Å². The van der Waals surface area contributed by atoms with Crippen molar-refractivity contribution in [3.63, 3.8) is 0 Å². The van der Waals surface area contributed by atoms with Gasteiger partial charge in [0, 0.05) is 19.2 Å². The molecule has 0 aliphatic rings. The van der Waals surface area contributed by atoms with E-state index in [1.165, 1.54) is 4.68 Å². The highest BCUT2D eigenvalue weighted by molar-refractivity contribution is 6.10. The third kappa shape index (κ3) is 3.90. The SMILES string of the molecule is COCCNC(=O)c1c(N)n(/N=C/c2ccccc2OC)c2nc3ccccc3nc12. The highest BCUT2D eigenvalue weighted by Crippen LogP contribution is 2.28. The van der Waals surface area contributed by atoms with Crippen LogP contribution in [0.3, 0.4) is 0 Å². The summed E-state index contributed by atoms with van der Waals surface area (Å²) >= 11 is 0. The molecule has 9 nitrogen and oxygen atoms in total. The fourth-order valence-electron chi connectivity index (χ4n) is 3.24. The summed E-state index contributed by atoms with van der Waals surface area (Å²) < 4.78 is 11.8. The molecule has 0 atom stereocenters. The van der Waals surface area contributed by atoms with E-state index in [2.05, 4.69) is 20.4 Å². The molecule has 0 saturated carbocycles. The number of rotatable bonds is 7. The number of nitrogen functional groups attached to an aromatic ring is 1. The number of anilines is 1. The first-order valence-electron chi connectivity index (χ1n) is 9.65. The number of amides is 1. The summed E-state index contributed by atoms with van der Waals surface area (Å²) in [5.41, 5.74) is 9.44. The Morgan fingerprint density at radius 2 is 1.84 bits per heavy atom. The zero-order chi connectivity index (χ0) is 21.8. The van der Waals surface area contributed by atoms with Crippen molar-refractivity contribution in [2.45, 2.75) is 0 Å². The minimum Gasteiger partial charge on any atom is -0.496 e. The Balaban J connectivity index is 1.87. The maximum atomic E-state index is 12.9. The Labute approximate surface area is 178 Å². The van der Waals surface area contributed by atoms with Gasteiger partial charge in [-0.2, -0.15) is 9.78 Å². The van der Waals surface area contributed by atoms with Crippen LogP contribution < -0.4 is 15.8 Å². The number of carbonyl (C=O) groups is 1. The normalized spacial score (nSPS) is 11.4. The molecule has 0 radical (unpaired) electrons. The summed E-state index contributed by atoms with van der Waals surface area (Å²) in [4.78, 5) is 22.2. The minimum absolute atomic E-state index is 0.145. The number of para-hydroxylation sites is 3. The van der Waals surface area contributed by atoms with E-state index in [9.17, 15) is 4.79 Å². The van der Waals surface area contributed by atoms with Gasteiger partial charge in [-0.15, -0.1) is 0 Å². The van der Waals surface area contributed by atoms with Gasteiger partial charge in [-0.3, -0.25) is 4.79 Å². The lowest BCUT2D eigenvalue weighted by Crippen LogP contribution is -2.27. The molecular formula is C22H22N6O3. The molecule has 0 aliphatic heterocycles. The van der Waals surface area contributed by atoms with Crippen molar-refractivity contribution in [1.82, 2.24) is 20.0 Å². The van der Waals surface area contributed by atoms with Gasteiger partial charge in [-0.1, -0.05) is 24.3 Å². The van der Waals surface area contributed by atoms with Crippen LogP contribution in [0.5, 0.6) is 5.75 Å². The number of hydrogen-bond acceptors (Lipinski definition) is 7. The van der Waals surface area contributed by atoms with E-state index in [1.807, 2.05) is 48.5 Å². The average molecular weight is 418 g/mol. The molecule has 0 aliphatic carbocycles. The molecule has 0 unspecified atom stereocenters. The fraction of sp³-hybridized carbons (Fsp3) is 0.182. The van der Waals surface area contributed by atoms with Gasteiger partial charge < -0.3 is 20.5 Å². The molecule has 0 spiro atoms. The average Bonchev–Trinajstić information content (AvgIpc) is 3.06. The van der Waals surface area contributed by atoms with Crippen LogP contribution in [0.1, 0.15) is 15.9 Å². The molecule has 0 fully saturated rings. The summed E-state index contributed by atoms with van der Waals surface area (Å²) in [6, 6.07) is 14.9. The van der Waals surface area contributed by atoms with Crippen molar-refractivity contribution in [2.75, 3.05) is 33.1 Å². The van der Waals surface area contributed by atoms with E-state index in [0.29, 0.717) is 41.1 Å². The Morgan fingerprint density at radius 1 is 1.13 bits per heavy atom. The summed E-state index contributed by atoms with van der Waals surface area (Å²) in [6.45, 7) is 0.720. The largest absolute Gasteiger partial charge is 0.496 e. The molecule has 31 heavy (non-hydrogen) atoms. The lowest BCUT2D eigenvalue weighted by molar-refractivity contribution is 0.0939. The van der Waals surface area contributed by atoms with E-state index in [1.54, 1.807) is 20.4 Å². The van der Waals surface area contributed by atoms with Crippen molar-refractivity contribution in [3.8, 4) is 5.75 Å². The van der Waals surface area contributed by atoms with Crippen LogP contribution in [-0.4, -0.2) is 54.1 Å². The van der Waals surface area contributed by atoms with E-state index < -0.39 is 0 Å². The van der Waals surface area contributed by atoms with Gasteiger partial charge in [0.15, 0.2) is 5.65 Å². The van der Waals surface area contributed by atoms with Crippen LogP contribution in [-0.2, 0) is 4.74 Å². The number of methoxy groups -OCH3 is 2. The summed E-state index contributed by atoms with van der Waals surface area (Å²) in [5.74, 6) is 0.442. The second-order valence-electron chi connectivity index (χ2n) is 6.69. The van der Waals surface area contributed by atoms with Gasteiger partial charge in [0.1, 0.15) is 22.6 Å². The summed E-state index contributed by atoms with van der Waals surface area (Å²) in [5, 5.41) is 7.29. The Hall–Kier alpha value is -3.98. The van der Waals surface area contributed by atoms with Crippen LogP contribution in [0.15, 0.2) is 53.6 Å². The number of fused-ring (bicyclic) bond motifs is 2. The van der Waals surface area contributed by atoms with Crippen molar-refractivity contribution >= 4 is 40.1 Å². The molecule has 3 N–H and O–H groups in total.